The minimum absolute atomic E-state index is 0.201. The van der Waals surface area contributed by atoms with E-state index in [1.807, 2.05) is 24.3 Å². The van der Waals surface area contributed by atoms with Crippen LogP contribution in [-0.2, 0) is 16.0 Å². The number of urea groups is 1. The molecule has 2 aliphatic rings. The molecule has 7 nitrogen and oxygen atoms in total. The largest absolute Gasteiger partial charge is 0.497 e. The third-order valence-corrected chi connectivity index (χ3v) is 5.66. The number of nitrogens with zero attached hydrogens (tertiary/aromatic N) is 2. The Bertz CT molecular complexity index is 696. The van der Waals surface area contributed by atoms with Gasteiger partial charge in [0.2, 0.25) is 0 Å². The van der Waals surface area contributed by atoms with Gasteiger partial charge in [0, 0.05) is 13.1 Å². The van der Waals surface area contributed by atoms with E-state index < -0.39 is 17.8 Å². The van der Waals surface area contributed by atoms with Crippen molar-refractivity contribution in [2.45, 2.75) is 32.1 Å². The number of methoxy groups -OCH3 is 1. The molecule has 1 aromatic carbocycles. The number of imide groups is 2. The molecule has 0 aromatic heterocycles. The number of ether oxygens (including phenoxy) is 1. The zero-order valence-corrected chi connectivity index (χ0v) is 15.7. The molecule has 2 N–H and O–H groups in total. The van der Waals surface area contributed by atoms with Crippen molar-refractivity contribution in [2.24, 2.45) is 17.6 Å². The van der Waals surface area contributed by atoms with Crippen LogP contribution >= 0.6 is 0 Å². The van der Waals surface area contributed by atoms with Gasteiger partial charge in [-0.2, -0.15) is 0 Å². The first-order valence-corrected chi connectivity index (χ1v) is 9.53. The van der Waals surface area contributed by atoms with E-state index in [0.717, 1.165) is 46.8 Å². The second kappa shape index (κ2) is 8.52. The second-order valence-corrected chi connectivity index (χ2v) is 7.38. The monoisotopic (exact) mass is 373 g/mol. The molecule has 0 atom stereocenters. The van der Waals surface area contributed by atoms with Crippen molar-refractivity contribution >= 4 is 17.8 Å². The lowest BCUT2D eigenvalue weighted by Crippen LogP contribution is -2.38. The van der Waals surface area contributed by atoms with Crippen LogP contribution in [-0.4, -0.2) is 54.4 Å². The first kappa shape index (κ1) is 19.4. The van der Waals surface area contributed by atoms with Gasteiger partial charge in [0.1, 0.15) is 5.75 Å². The Labute approximate surface area is 159 Å². The van der Waals surface area contributed by atoms with Crippen LogP contribution in [0.25, 0.3) is 0 Å². The maximum Gasteiger partial charge on any atom is 0.334 e. The molecule has 0 spiro atoms. The molecule has 0 radical (unpaired) electrons. The molecule has 4 amide bonds. The van der Waals surface area contributed by atoms with Gasteiger partial charge in [-0.05, 0) is 68.2 Å². The summed E-state index contributed by atoms with van der Waals surface area (Å²) in [6.45, 7) is 1.22. The maximum atomic E-state index is 12.6. The van der Waals surface area contributed by atoms with Crippen molar-refractivity contribution in [1.29, 1.82) is 0 Å². The molecule has 27 heavy (non-hydrogen) atoms. The fourth-order valence-electron chi connectivity index (χ4n) is 3.85. The zero-order chi connectivity index (χ0) is 19.4. The van der Waals surface area contributed by atoms with E-state index in [0.29, 0.717) is 25.4 Å². The summed E-state index contributed by atoms with van der Waals surface area (Å²) in [5.41, 5.74) is 6.69. The third-order valence-electron chi connectivity index (χ3n) is 5.66. The number of benzene rings is 1. The van der Waals surface area contributed by atoms with Crippen LogP contribution in [0.1, 0.15) is 31.2 Å². The van der Waals surface area contributed by atoms with Crippen molar-refractivity contribution in [2.75, 3.05) is 26.7 Å². The molecule has 1 aromatic rings. The van der Waals surface area contributed by atoms with Gasteiger partial charge in [-0.15, -0.1) is 0 Å². The first-order valence-electron chi connectivity index (χ1n) is 9.53. The Morgan fingerprint density at radius 3 is 2.15 bits per heavy atom. The quantitative estimate of drug-likeness (QED) is 0.581. The fraction of sp³-hybridized carbons (Fsp3) is 0.550. The predicted octanol–water partition coefficient (Wildman–Crippen LogP) is 1.79. The van der Waals surface area contributed by atoms with E-state index in [9.17, 15) is 14.4 Å². The Hall–Kier alpha value is -2.41. The van der Waals surface area contributed by atoms with Crippen LogP contribution < -0.4 is 10.5 Å². The highest BCUT2D eigenvalue weighted by Gasteiger charge is 2.44. The van der Waals surface area contributed by atoms with Gasteiger partial charge in [0.15, 0.2) is 0 Å². The minimum atomic E-state index is -0.718. The van der Waals surface area contributed by atoms with Crippen LogP contribution in [0.2, 0.25) is 0 Å². The maximum absolute atomic E-state index is 12.6. The summed E-state index contributed by atoms with van der Waals surface area (Å²) in [6.07, 6.45) is 4.43. The number of rotatable bonds is 7. The van der Waals surface area contributed by atoms with E-state index >= 15 is 0 Å². The highest BCUT2D eigenvalue weighted by molar-refractivity contribution is 6.44. The number of hydrogen-bond acceptors (Lipinski definition) is 5. The highest BCUT2D eigenvalue weighted by atomic mass is 16.5. The lowest BCUT2D eigenvalue weighted by atomic mass is 9.82. The average Bonchev–Trinajstić information content (AvgIpc) is 2.90. The van der Waals surface area contributed by atoms with Gasteiger partial charge in [0.25, 0.3) is 0 Å². The molecule has 2 fully saturated rings. The topological polar surface area (TPSA) is 92.9 Å². The molecule has 1 aliphatic heterocycles. The van der Waals surface area contributed by atoms with Crippen LogP contribution in [0.5, 0.6) is 5.75 Å². The van der Waals surface area contributed by atoms with E-state index in [2.05, 4.69) is 0 Å². The molecule has 1 saturated heterocycles. The Kier molecular flexibility index (Phi) is 6.11. The molecule has 1 saturated carbocycles. The fourth-order valence-corrected chi connectivity index (χ4v) is 3.85. The van der Waals surface area contributed by atoms with E-state index in [1.54, 1.807) is 7.11 Å². The van der Waals surface area contributed by atoms with Crippen LogP contribution in [0.15, 0.2) is 24.3 Å². The van der Waals surface area contributed by atoms with Gasteiger partial charge in [-0.1, -0.05) is 12.1 Å². The summed E-state index contributed by atoms with van der Waals surface area (Å²) in [4.78, 5) is 39.4. The molecule has 1 heterocycles. The standard InChI is InChI=1S/C20H27N3O4/c1-27-17-8-6-14(7-9-17)10-11-22-18(24)19(25)23(20(22)26)13-16-4-2-15(12-21)3-5-16/h6-9,15-16H,2-5,10-13,21H2,1H3. The van der Waals surface area contributed by atoms with Gasteiger partial charge in [-0.25, -0.2) is 4.79 Å². The van der Waals surface area contributed by atoms with E-state index in [1.165, 1.54) is 0 Å². The van der Waals surface area contributed by atoms with Gasteiger partial charge < -0.3 is 10.5 Å². The lowest BCUT2D eigenvalue weighted by Gasteiger charge is -2.29. The van der Waals surface area contributed by atoms with Crippen molar-refractivity contribution in [3.05, 3.63) is 29.8 Å². The smallest absolute Gasteiger partial charge is 0.334 e. The summed E-state index contributed by atoms with van der Waals surface area (Å²) in [7, 11) is 1.60. The molecule has 0 unspecified atom stereocenters. The molecule has 3 rings (SSSR count). The predicted molar refractivity (Wildman–Crippen MR) is 100 cm³/mol. The zero-order valence-electron chi connectivity index (χ0n) is 15.7. The van der Waals surface area contributed by atoms with E-state index in [-0.39, 0.29) is 12.5 Å². The number of hydrogen-bond donors (Lipinski definition) is 1. The summed E-state index contributed by atoms with van der Waals surface area (Å²) >= 11 is 0. The second-order valence-electron chi connectivity index (χ2n) is 7.38. The summed E-state index contributed by atoms with van der Waals surface area (Å²) < 4.78 is 5.12. The Morgan fingerprint density at radius 1 is 0.963 bits per heavy atom. The Morgan fingerprint density at radius 2 is 1.56 bits per heavy atom. The van der Waals surface area contributed by atoms with Crippen LogP contribution in [0, 0.1) is 11.8 Å². The SMILES string of the molecule is COc1ccc(CCN2C(=O)C(=O)N(CC3CCC(CN)CC3)C2=O)cc1. The van der Waals surface area contributed by atoms with Crippen molar-refractivity contribution in [1.82, 2.24) is 9.80 Å². The lowest BCUT2D eigenvalue weighted by molar-refractivity contribution is -0.143. The van der Waals surface area contributed by atoms with Crippen LogP contribution in [0.3, 0.4) is 0 Å². The number of amides is 4. The third kappa shape index (κ3) is 4.30. The molecular weight excluding hydrogens is 346 g/mol. The van der Waals surface area contributed by atoms with Crippen molar-refractivity contribution in [3.8, 4) is 5.75 Å². The number of carbonyl (C=O) groups is 3. The molecule has 1 aliphatic carbocycles. The summed E-state index contributed by atoms with van der Waals surface area (Å²) in [6, 6.07) is 6.95. The average molecular weight is 373 g/mol. The van der Waals surface area contributed by atoms with Crippen molar-refractivity contribution < 1.29 is 19.1 Å². The Balaban J connectivity index is 1.56. The minimum Gasteiger partial charge on any atom is -0.497 e. The van der Waals surface area contributed by atoms with E-state index in [4.69, 9.17) is 10.5 Å². The number of nitrogens with two attached hydrogens (primary N) is 1. The summed E-state index contributed by atoms with van der Waals surface area (Å²) in [5, 5.41) is 0. The van der Waals surface area contributed by atoms with Gasteiger partial charge >= 0.3 is 17.8 Å². The normalized spacial score (nSPS) is 23.3. The first-order chi connectivity index (χ1) is 13.0. The van der Waals surface area contributed by atoms with Gasteiger partial charge in [0.05, 0.1) is 7.11 Å². The van der Waals surface area contributed by atoms with Gasteiger partial charge in [-0.3, -0.25) is 19.4 Å². The van der Waals surface area contributed by atoms with Crippen molar-refractivity contribution in [3.63, 3.8) is 0 Å². The van der Waals surface area contributed by atoms with Crippen LogP contribution in [0.4, 0.5) is 4.79 Å². The number of carbonyl (C=O) groups excluding carboxylic acids is 3. The molecular formula is C20H27N3O4. The molecule has 7 heteroatoms. The molecule has 0 bridgehead atoms. The summed E-state index contributed by atoms with van der Waals surface area (Å²) in [5.74, 6) is 0.126. The molecule has 146 valence electrons. The highest BCUT2D eigenvalue weighted by Crippen LogP contribution is 2.29.